The summed E-state index contributed by atoms with van der Waals surface area (Å²) in [4.78, 5) is 11.6. The maximum Gasteiger partial charge on any atom is 0.234 e. The fourth-order valence-corrected chi connectivity index (χ4v) is 1.85. The Morgan fingerprint density at radius 3 is 2.94 bits per heavy atom. The van der Waals surface area contributed by atoms with Crippen molar-refractivity contribution in [3.05, 3.63) is 24.3 Å². The Kier molecular flexibility index (Phi) is 6.50. The third-order valence-corrected chi connectivity index (χ3v) is 2.95. The minimum Gasteiger partial charge on any atom is -0.492 e. The quantitative estimate of drug-likeness (QED) is 0.727. The van der Waals surface area contributed by atoms with Crippen molar-refractivity contribution in [3.8, 4) is 5.75 Å². The van der Waals surface area contributed by atoms with Crippen LogP contribution in [0.3, 0.4) is 0 Å². The molecule has 1 rings (SSSR count). The second-order valence-corrected chi connectivity index (χ2v) is 4.42. The molecule has 0 radical (unpaired) electrons. The van der Waals surface area contributed by atoms with Crippen LogP contribution in [0.15, 0.2) is 24.3 Å². The Hall–Kier alpha value is -1.20. The predicted molar refractivity (Wildman–Crippen MR) is 72.6 cm³/mol. The molecule has 0 aliphatic carbocycles. The van der Waals surface area contributed by atoms with Crippen LogP contribution in [0, 0.1) is 0 Å². The lowest BCUT2D eigenvalue weighted by Crippen LogP contribution is -2.16. The van der Waals surface area contributed by atoms with Crippen molar-refractivity contribution in [2.24, 2.45) is 5.73 Å². The largest absolute Gasteiger partial charge is 0.492 e. The van der Waals surface area contributed by atoms with Crippen LogP contribution in [0.2, 0.25) is 0 Å². The van der Waals surface area contributed by atoms with Crippen LogP contribution in [0.5, 0.6) is 5.75 Å². The molecule has 0 saturated heterocycles. The van der Waals surface area contributed by atoms with Gasteiger partial charge in [0.2, 0.25) is 5.91 Å². The van der Waals surface area contributed by atoms with E-state index in [2.05, 4.69) is 5.32 Å². The molecule has 3 N–H and O–H groups in total. The van der Waals surface area contributed by atoms with E-state index in [0.29, 0.717) is 30.3 Å². The summed E-state index contributed by atoms with van der Waals surface area (Å²) in [5, 5.41) is 2.83. The van der Waals surface area contributed by atoms with Gasteiger partial charge in [0, 0.05) is 12.3 Å². The highest BCUT2D eigenvalue weighted by Crippen LogP contribution is 2.23. The van der Waals surface area contributed by atoms with E-state index in [0.717, 1.165) is 5.75 Å². The molecule has 5 heteroatoms. The second kappa shape index (κ2) is 7.97. The van der Waals surface area contributed by atoms with Gasteiger partial charge < -0.3 is 15.8 Å². The third kappa shape index (κ3) is 5.10. The number of para-hydroxylation sites is 2. The molecule has 0 atom stereocenters. The molecule has 0 bridgehead atoms. The summed E-state index contributed by atoms with van der Waals surface area (Å²) < 4.78 is 5.42. The SMILES string of the molecule is CCOc1ccccc1NC(=O)CSCCN. The first-order valence-corrected chi connectivity index (χ1v) is 6.73. The lowest BCUT2D eigenvalue weighted by Gasteiger charge is -2.10. The molecular formula is C12H18N2O2S. The van der Waals surface area contributed by atoms with E-state index in [4.69, 9.17) is 10.5 Å². The highest BCUT2D eigenvalue weighted by molar-refractivity contribution is 7.99. The van der Waals surface area contributed by atoms with Gasteiger partial charge in [-0.1, -0.05) is 12.1 Å². The molecule has 0 saturated carbocycles. The second-order valence-electron chi connectivity index (χ2n) is 3.32. The Labute approximate surface area is 106 Å². The molecule has 17 heavy (non-hydrogen) atoms. The van der Waals surface area contributed by atoms with Gasteiger partial charge in [-0.2, -0.15) is 11.8 Å². The molecule has 0 aliphatic rings. The fraction of sp³-hybridized carbons (Fsp3) is 0.417. The molecule has 0 fully saturated rings. The zero-order chi connectivity index (χ0) is 12.5. The van der Waals surface area contributed by atoms with Crippen molar-refractivity contribution in [2.45, 2.75) is 6.92 Å². The minimum atomic E-state index is -0.0318. The van der Waals surface area contributed by atoms with Crippen LogP contribution in [0.4, 0.5) is 5.69 Å². The number of nitrogens with two attached hydrogens (primary N) is 1. The summed E-state index contributed by atoms with van der Waals surface area (Å²) in [6.45, 7) is 3.08. The van der Waals surface area contributed by atoms with E-state index in [-0.39, 0.29) is 5.91 Å². The number of hydrogen-bond donors (Lipinski definition) is 2. The number of rotatable bonds is 7. The summed E-state index contributed by atoms with van der Waals surface area (Å²) >= 11 is 1.52. The van der Waals surface area contributed by atoms with Gasteiger partial charge in [-0.3, -0.25) is 4.79 Å². The number of hydrogen-bond acceptors (Lipinski definition) is 4. The molecule has 4 nitrogen and oxygen atoms in total. The van der Waals surface area contributed by atoms with Crippen LogP contribution < -0.4 is 15.8 Å². The monoisotopic (exact) mass is 254 g/mol. The Morgan fingerprint density at radius 2 is 2.24 bits per heavy atom. The zero-order valence-corrected chi connectivity index (χ0v) is 10.8. The van der Waals surface area contributed by atoms with Gasteiger partial charge in [0.25, 0.3) is 0 Å². The summed E-state index contributed by atoms with van der Waals surface area (Å²) in [7, 11) is 0. The summed E-state index contributed by atoms with van der Waals surface area (Å²) in [6.07, 6.45) is 0. The normalized spacial score (nSPS) is 10.0. The molecule has 1 aromatic carbocycles. The Balaban J connectivity index is 2.52. The lowest BCUT2D eigenvalue weighted by molar-refractivity contribution is -0.113. The highest BCUT2D eigenvalue weighted by atomic mass is 32.2. The van der Waals surface area contributed by atoms with Crippen molar-refractivity contribution in [1.82, 2.24) is 0 Å². The molecule has 0 heterocycles. The fourth-order valence-electron chi connectivity index (χ4n) is 1.29. The van der Waals surface area contributed by atoms with Gasteiger partial charge in [-0.15, -0.1) is 0 Å². The third-order valence-electron chi connectivity index (χ3n) is 1.96. The van der Waals surface area contributed by atoms with Gasteiger partial charge in [0.15, 0.2) is 0 Å². The summed E-state index contributed by atoms with van der Waals surface area (Å²) in [5.41, 5.74) is 6.07. The average molecular weight is 254 g/mol. The van der Waals surface area contributed by atoms with Gasteiger partial charge in [-0.05, 0) is 19.1 Å². The number of thioether (sulfide) groups is 1. The topological polar surface area (TPSA) is 64.3 Å². The zero-order valence-electron chi connectivity index (χ0n) is 9.94. The first-order chi connectivity index (χ1) is 8.27. The van der Waals surface area contributed by atoms with Gasteiger partial charge >= 0.3 is 0 Å². The number of ether oxygens (including phenoxy) is 1. The molecule has 94 valence electrons. The van der Waals surface area contributed by atoms with Crippen LogP contribution in [0.1, 0.15) is 6.92 Å². The van der Waals surface area contributed by atoms with Crippen molar-refractivity contribution in [1.29, 1.82) is 0 Å². The maximum atomic E-state index is 11.6. The van der Waals surface area contributed by atoms with Gasteiger partial charge in [0.05, 0.1) is 18.0 Å². The number of benzene rings is 1. The number of carbonyl (C=O) groups is 1. The maximum absolute atomic E-state index is 11.6. The van der Waals surface area contributed by atoms with E-state index in [1.807, 2.05) is 31.2 Å². The number of amides is 1. The minimum absolute atomic E-state index is 0.0318. The molecule has 0 aromatic heterocycles. The Bertz CT molecular complexity index is 358. The standard InChI is InChI=1S/C12H18N2O2S/c1-2-16-11-6-4-3-5-10(11)14-12(15)9-17-8-7-13/h3-6H,2,7-9,13H2,1H3,(H,14,15). The van der Waals surface area contributed by atoms with E-state index in [9.17, 15) is 4.79 Å². The van der Waals surface area contributed by atoms with Crippen molar-refractivity contribution in [2.75, 3.05) is 30.0 Å². The van der Waals surface area contributed by atoms with Crippen molar-refractivity contribution < 1.29 is 9.53 Å². The van der Waals surface area contributed by atoms with Crippen LogP contribution in [-0.2, 0) is 4.79 Å². The molecule has 0 unspecified atom stereocenters. The number of anilines is 1. The van der Waals surface area contributed by atoms with Gasteiger partial charge in [-0.25, -0.2) is 0 Å². The van der Waals surface area contributed by atoms with Gasteiger partial charge in [0.1, 0.15) is 5.75 Å². The van der Waals surface area contributed by atoms with Crippen molar-refractivity contribution >= 4 is 23.4 Å². The van der Waals surface area contributed by atoms with Crippen LogP contribution in [-0.4, -0.2) is 30.6 Å². The highest BCUT2D eigenvalue weighted by Gasteiger charge is 2.06. The molecule has 1 aromatic rings. The van der Waals surface area contributed by atoms with Crippen molar-refractivity contribution in [3.63, 3.8) is 0 Å². The molecular weight excluding hydrogens is 236 g/mol. The first kappa shape index (κ1) is 13.9. The molecule has 1 amide bonds. The summed E-state index contributed by atoms with van der Waals surface area (Å²) in [5.74, 6) is 1.88. The lowest BCUT2D eigenvalue weighted by atomic mass is 10.3. The van der Waals surface area contributed by atoms with E-state index < -0.39 is 0 Å². The first-order valence-electron chi connectivity index (χ1n) is 5.57. The molecule has 0 spiro atoms. The van der Waals surface area contributed by atoms with E-state index in [1.165, 1.54) is 11.8 Å². The van der Waals surface area contributed by atoms with E-state index in [1.54, 1.807) is 0 Å². The summed E-state index contributed by atoms with van der Waals surface area (Å²) in [6, 6.07) is 7.41. The number of carbonyl (C=O) groups excluding carboxylic acids is 1. The van der Waals surface area contributed by atoms with Crippen LogP contribution >= 0.6 is 11.8 Å². The molecule has 0 aliphatic heterocycles. The average Bonchev–Trinajstić information content (AvgIpc) is 2.32. The number of nitrogens with one attached hydrogen (secondary N) is 1. The Morgan fingerprint density at radius 1 is 1.47 bits per heavy atom. The smallest absolute Gasteiger partial charge is 0.234 e. The van der Waals surface area contributed by atoms with Crippen LogP contribution in [0.25, 0.3) is 0 Å². The van der Waals surface area contributed by atoms with E-state index >= 15 is 0 Å². The predicted octanol–water partition coefficient (Wildman–Crippen LogP) is 1.72.